The van der Waals surface area contributed by atoms with Crippen molar-refractivity contribution in [2.45, 2.75) is 6.54 Å². The maximum Gasteiger partial charge on any atom is 0.280 e. The normalized spacial score (nSPS) is 16.4. The predicted molar refractivity (Wildman–Crippen MR) is 94.7 cm³/mol. The summed E-state index contributed by atoms with van der Waals surface area (Å²) in [6.07, 6.45) is 1.71. The third-order valence-corrected chi connectivity index (χ3v) is 4.55. The molecule has 0 aromatic heterocycles. The number of nitrogens with one attached hydrogen (secondary N) is 1. The highest BCUT2D eigenvalue weighted by Crippen LogP contribution is 2.31. The van der Waals surface area contributed by atoms with Crippen LogP contribution in [-0.2, 0) is 11.3 Å². The summed E-state index contributed by atoms with van der Waals surface area (Å²) >= 11 is 6.48. The standard InChI is InChI=1S/C17H13FN2OS2/c18-14-8-6-12(7-9-14)10-15-16(21)20(17(22)23-15)19-11-13-4-2-1-3-5-13/h1-10,19H,11H2/b15-10+. The van der Waals surface area contributed by atoms with Crippen molar-refractivity contribution in [3.63, 3.8) is 0 Å². The van der Waals surface area contributed by atoms with Crippen molar-refractivity contribution in [3.05, 3.63) is 76.4 Å². The van der Waals surface area contributed by atoms with E-state index in [1.165, 1.54) is 28.9 Å². The Labute approximate surface area is 143 Å². The van der Waals surface area contributed by atoms with Gasteiger partial charge in [-0.25, -0.2) is 14.8 Å². The van der Waals surface area contributed by atoms with Gasteiger partial charge in [0.25, 0.3) is 5.91 Å². The molecule has 2 aromatic rings. The lowest BCUT2D eigenvalue weighted by molar-refractivity contribution is -0.124. The second kappa shape index (κ2) is 7.04. The zero-order valence-corrected chi connectivity index (χ0v) is 13.7. The van der Waals surface area contributed by atoms with E-state index in [1.807, 2.05) is 30.3 Å². The van der Waals surface area contributed by atoms with Gasteiger partial charge in [0.1, 0.15) is 5.82 Å². The number of thioether (sulfide) groups is 1. The van der Waals surface area contributed by atoms with Gasteiger partial charge in [0.2, 0.25) is 0 Å². The molecule has 1 fully saturated rings. The van der Waals surface area contributed by atoms with Crippen LogP contribution in [0.25, 0.3) is 6.08 Å². The summed E-state index contributed by atoms with van der Waals surface area (Å²) < 4.78 is 13.4. The van der Waals surface area contributed by atoms with Gasteiger partial charge in [0.15, 0.2) is 4.32 Å². The Morgan fingerprint density at radius 2 is 1.83 bits per heavy atom. The van der Waals surface area contributed by atoms with Crippen LogP contribution in [-0.4, -0.2) is 15.2 Å². The lowest BCUT2D eigenvalue weighted by atomic mass is 10.2. The molecule has 0 unspecified atom stereocenters. The van der Waals surface area contributed by atoms with Gasteiger partial charge in [-0.3, -0.25) is 4.79 Å². The van der Waals surface area contributed by atoms with E-state index < -0.39 is 0 Å². The van der Waals surface area contributed by atoms with Crippen LogP contribution in [0.3, 0.4) is 0 Å². The molecule has 0 bridgehead atoms. The molecule has 0 saturated carbocycles. The van der Waals surface area contributed by atoms with Crippen LogP contribution in [0.1, 0.15) is 11.1 Å². The van der Waals surface area contributed by atoms with Crippen LogP contribution in [0.4, 0.5) is 4.39 Å². The number of halogens is 1. The Hall–Kier alpha value is -2.02. The maximum atomic E-state index is 12.9. The molecule has 1 aliphatic rings. The Bertz CT molecular complexity index is 760. The van der Waals surface area contributed by atoms with Gasteiger partial charge in [-0.05, 0) is 29.3 Å². The molecular weight excluding hydrogens is 331 g/mol. The highest BCUT2D eigenvalue weighted by atomic mass is 32.2. The Balaban J connectivity index is 1.71. The molecule has 23 heavy (non-hydrogen) atoms. The fourth-order valence-corrected chi connectivity index (χ4v) is 3.30. The molecule has 0 atom stereocenters. The molecule has 1 N–H and O–H groups in total. The first-order valence-corrected chi connectivity index (χ1v) is 8.17. The number of benzene rings is 2. The van der Waals surface area contributed by atoms with Gasteiger partial charge in [-0.2, -0.15) is 0 Å². The quantitative estimate of drug-likeness (QED) is 0.677. The first kappa shape index (κ1) is 15.9. The van der Waals surface area contributed by atoms with E-state index in [0.717, 1.165) is 11.1 Å². The molecule has 3 rings (SSSR count). The Kier molecular flexibility index (Phi) is 4.85. The SMILES string of the molecule is O=C1/C(=C\c2ccc(F)cc2)SC(=S)N1NCc1ccccc1. The van der Waals surface area contributed by atoms with Crippen molar-refractivity contribution in [1.29, 1.82) is 0 Å². The summed E-state index contributed by atoms with van der Waals surface area (Å²) in [7, 11) is 0. The Morgan fingerprint density at radius 3 is 2.52 bits per heavy atom. The maximum absolute atomic E-state index is 12.9. The third kappa shape index (κ3) is 3.85. The average Bonchev–Trinajstić information content (AvgIpc) is 2.82. The minimum Gasteiger partial charge on any atom is -0.267 e. The van der Waals surface area contributed by atoms with Crippen molar-refractivity contribution < 1.29 is 9.18 Å². The summed E-state index contributed by atoms with van der Waals surface area (Å²) in [4.78, 5) is 12.9. The van der Waals surface area contributed by atoms with Crippen molar-refractivity contribution in [2.24, 2.45) is 0 Å². The number of rotatable bonds is 4. The molecule has 0 radical (unpaired) electrons. The van der Waals surface area contributed by atoms with Crippen molar-refractivity contribution in [3.8, 4) is 0 Å². The average molecular weight is 344 g/mol. The molecule has 0 spiro atoms. The number of amides is 1. The second-order valence-corrected chi connectivity index (χ2v) is 6.56. The largest absolute Gasteiger partial charge is 0.280 e. The van der Waals surface area contributed by atoms with Crippen LogP contribution < -0.4 is 5.43 Å². The summed E-state index contributed by atoms with van der Waals surface area (Å²) in [5.41, 5.74) is 4.86. The number of thiocarbonyl (C=S) groups is 1. The van der Waals surface area contributed by atoms with Crippen LogP contribution in [0, 0.1) is 5.82 Å². The molecule has 1 aliphatic heterocycles. The van der Waals surface area contributed by atoms with E-state index in [4.69, 9.17) is 12.2 Å². The number of hydrogen-bond donors (Lipinski definition) is 1. The summed E-state index contributed by atoms with van der Waals surface area (Å²) in [6, 6.07) is 15.7. The van der Waals surface area contributed by atoms with Gasteiger partial charge < -0.3 is 0 Å². The molecule has 1 amide bonds. The fourth-order valence-electron chi connectivity index (χ4n) is 2.08. The number of carbonyl (C=O) groups is 1. The molecule has 1 heterocycles. The smallest absolute Gasteiger partial charge is 0.267 e. The van der Waals surface area contributed by atoms with Crippen LogP contribution >= 0.6 is 24.0 Å². The number of hydrogen-bond acceptors (Lipinski definition) is 4. The Morgan fingerprint density at radius 1 is 1.13 bits per heavy atom. The zero-order chi connectivity index (χ0) is 16.2. The van der Waals surface area contributed by atoms with Crippen molar-refractivity contribution >= 4 is 40.3 Å². The molecule has 6 heteroatoms. The van der Waals surface area contributed by atoms with Crippen molar-refractivity contribution in [1.82, 2.24) is 10.4 Å². The summed E-state index contributed by atoms with van der Waals surface area (Å²) in [6.45, 7) is 0.511. The second-order valence-electron chi connectivity index (χ2n) is 4.89. The predicted octanol–water partition coefficient (Wildman–Crippen LogP) is 3.73. The highest BCUT2D eigenvalue weighted by molar-refractivity contribution is 8.26. The number of carbonyl (C=O) groups excluding carboxylic acids is 1. The van der Waals surface area contributed by atoms with Crippen molar-refractivity contribution in [2.75, 3.05) is 0 Å². The van der Waals surface area contributed by atoms with E-state index >= 15 is 0 Å². The molecule has 1 saturated heterocycles. The topological polar surface area (TPSA) is 32.3 Å². The molecule has 116 valence electrons. The lowest BCUT2D eigenvalue weighted by Gasteiger charge is -2.15. The molecule has 3 nitrogen and oxygen atoms in total. The van der Waals surface area contributed by atoms with E-state index in [2.05, 4.69) is 5.43 Å². The van der Waals surface area contributed by atoms with E-state index in [1.54, 1.807) is 18.2 Å². The number of hydrazine groups is 1. The third-order valence-electron chi connectivity index (χ3n) is 3.25. The van der Waals surface area contributed by atoms with E-state index in [-0.39, 0.29) is 11.7 Å². The van der Waals surface area contributed by atoms with Gasteiger partial charge in [0.05, 0.1) is 4.91 Å². The minimum atomic E-state index is -0.306. The van der Waals surface area contributed by atoms with Crippen LogP contribution in [0.5, 0.6) is 0 Å². The molecule has 2 aromatic carbocycles. The minimum absolute atomic E-state index is 0.194. The van der Waals surface area contributed by atoms with E-state index in [0.29, 0.717) is 15.8 Å². The number of nitrogens with zero attached hydrogens (tertiary/aromatic N) is 1. The first-order valence-electron chi connectivity index (χ1n) is 6.94. The highest BCUT2D eigenvalue weighted by Gasteiger charge is 2.32. The molecule has 0 aliphatic carbocycles. The van der Waals surface area contributed by atoms with Gasteiger partial charge in [-0.1, -0.05) is 66.4 Å². The monoisotopic (exact) mass is 344 g/mol. The molecular formula is C17H13FN2OS2. The lowest BCUT2D eigenvalue weighted by Crippen LogP contribution is -2.40. The van der Waals surface area contributed by atoms with Gasteiger partial charge in [-0.15, -0.1) is 0 Å². The van der Waals surface area contributed by atoms with Gasteiger partial charge in [0, 0.05) is 6.54 Å². The van der Waals surface area contributed by atoms with Gasteiger partial charge >= 0.3 is 0 Å². The first-order chi connectivity index (χ1) is 11.1. The van der Waals surface area contributed by atoms with Crippen LogP contribution in [0.15, 0.2) is 59.5 Å². The summed E-state index contributed by atoms with van der Waals surface area (Å²) in [5.74, 6) is -0.500. The van der Waals surface area contributed by atoms with E-state index in [9.17, 15) is 9.18 Å². The van der Waals surface area contributed by atoms with Crippen LogP contribution in [0.2, 0.25) is 0 Å². The zero-order valence-electron chi connectivity index (χ0n) is 12.0. The fraction of sp³-hybridized carbons (Fsp3) is 0.0588. The summed E-state index contributed by atoms with van der Waals surface area (Å²) in [5, 5.41) is 1.38.